The molecule has 2 aliphatic rings. The molecule has 0 atom stereocenters. The summed E-state index contributed by atoms with van der Waals surface area (Å²) in [7, 11) is 0. The fourth-order valence-electron chi connectivity index (χ4n) is 3.26. The number of amides is 2. The second-order valence-corrected chi connectivity index (χ2v) is 6.93. The van der Waals surface area contributed by atoms with E-state index >= 15 is 0 Å². The highest BCUT2D eigenvalue weighted by Crippen LogP contribution is 2.36. The molecule has 136 valence electrons. The van der Waals surface area contributed by atoms with Gasteiger partial charge in [0, 0.05) is 24.2 Å². The molecule has 26 heavy (non-hydrogen) atoms. The van der Waals surface area contributed by atoms with Crippen molar-refractivity contribution in [3.05, 3.63) is 24.3 Å². The van der Waals surface area contributed by atoms with Crippen molar-refractivity contribution < 1.29 is 9.59 Å². The molecule has 2 fully saturated rings. The lowest BCUT2D eigenvalue weighted by atomic mass is 10.2. The van der Waals surface area contributed by atoms with Gasteiger partial charge >= 0.3 is 0 Å². The van der Waals surface area contributed by atoms with Crippen LogP contribution in [0.5, 0.6) is 0 Å². The predicted octanol–water partition coefficient (Wildman–Crippen LogP) is 2.02. The summed E-state index contributed by atoms with van der Waals surface area (Å²) in [5, 5.41) is 14.8. The van der Waals surface area contributed by atoms with Gasteiger partial charge in [0.05, 0.1) is 12.6 Å². The van der Waals surface area contributed by atoms with Crippen molar-refractivity contribution >= 4 is 17.5 Å². The summed E-state index contributed by atoms with van der Waals surface area (Å²) < 4.78 is 1.84. The number of hydrogen-bond donors (Lipinski definition) is 1. The van der Waals surface area contributed by atoms with Gasteiger partial charge in [-0.2, -0.15) is 0 Å². The van der Waals surface area contributed by atoms with Crippen LogP contribution < -0.4 is 5.32 Å². The zero-order valence-corrected chi connectivity index (χ0v) is 14.6. The molecule has 2 amide bonds. The van der Waals surface area contributed by atoms with Crippen LogP contribution in [-0.4, -0.2) is 50.0 Å². The van der Waals surface area contributed by atoms with Gasteiger partial charge in [0.1, 0.15) is 0 Å². The molecule has 1 aromatic carbocycles. The van der Waals surface area contributed by atoms with E-state index < -0.39 is 0 Å². The number of aromatic nitrogens is 4. The lowest BCUT2D eigenvalue weighted by molar-refractivity contribution is -0.134. The van der Waals surface area contributed by atoms with Gasteiger partial charge < -0.3 is 10.2 Å². The summed E-state index contributed by atoms with van der Waals surface area (Å²) in [6.45, 7) is 0.755. The molecule has 1 aliphatic heterocycles. The predicted molar refractivity (Wildman–Crippen MR) is 95.2 cm³/mol. The fourth-order valence-corrected chi connectivity index (χ4v) is 3.26. The molecule has 2 heterocycles. The Hall–Kier alpha value is -2.77. The Balaban J connectivity index is 1.44. The zero-order valence-electron chi connectivity index (χ0n) is 14.6. The largest absolute Gasteiger partial charge is 0.333 e. The molecule has 0 unspecified atom stereocenters. The highest BCUT2D eigenvalue weighted by molar-refractivity contribution is 5.95. The number of hydrogen-bond acceptors (Lipinski definition) is 5. The molecule has 8 heteroatoms. The van der Waals surface area contributed by atoms with E-state index in [1.54, 1.807) is 4.90 Å². The molecule has 0 radical (unpaired) electrons. The Morgan fingerprint density at radius 2 is 2.12 bits per heavy atom. The first-order chi connectivity index (χ1) is 12.7. The first-order valence-electron chi connectivity index (χ1n) is 9.16. The van der Waals surface area contributed by atoms with E-state index in [0.717, 1.165) is 37.7 Å². The van der Waals surface area contributed by atoms with Gasteiger partial charge in [-0.15, -0.1) is 5.10 Å². The highest BCUT2D eigenvalue weighted by Gasteiger charge is 2.28. The summed E-state index contributed by atoms with van der Waals surface area (Å²) in [6.07, 6.45) is 5.64. The molecule has 1 saturated carbocycles. The second-order valence-electron chi connectivity index (χ2n) is 6.93. The third kappa shape index (κ3) is 3.74. The Kier molecular flexibility index (Phi) is 4.64. The fraction of sp³-hybridized carbons (Fsp3) is 0.500. The van der Waals surface area contributed by atoms with Crippen LogP contribution in [0.4, 0.5) is 5.69 Å². The van der Waals surface area contributed by atoms with Gasteiger partial charge in [-0.25, -0.2) is 4.68 Å². The molecule has 0 spiro atoms. The van der Waals surface area contributed by atoms with Gasteiger partial charge in [-0.1, -0.05) is 18.6 Å². The summed E-state index contributed by atoms with van der Waals surface area (Å²) in [6, 6.07) is 7.88. The van der Waals surface area contributed by atoms with Crippen LogP contribution in [-0.2, 0) is 9.59 Å². The molecule has 0 bridgehead atoms. The minimum Gasteiger partial charge on any atom is -0.333 e. The lowest BCUT2D eigenvalue weighted by Gasteiger charge is -2.19. The minimum atomic E-state index is -0.181. The highest BCUT2D eigenvalue weighted by atomic mass is 16.2. The first kappa shape index (κ1) is 16.7. The molecule has 1 aliphatic carbocycles. The molecule has 1 aromatic heterocycles. The van der Waals surface area contributed by atoms with Crippen molar-refractivity contribution in [2.75, 3.05) is 18.4 Å². The van der Waals surface area contributed by atoms with Crippen molar-refractivity contribution in [1.82, 2.24) is 25.1 Å². The standard InChI is InChI=1S/C18H22N6O2/c25-16(12-23-10-3-1-2-7-17(23)26)19-14-6-4-5-13(11-14)18-20-21-22-24(18)15-8-9-15/h4-6,11,15H,1-3,7-10,12H2,(H,19,25). The normalized spacial score (nSPS) is 17.8. The topological polar surface area (TPSA) is 93.0 Å². The third-order valence-electron chi connectivity index (χ3n) is 4.80. The van der Waals surface area contributed by atoms with Crippen molar-refractivity contribution in [2.45, 2.75) is 44.6 Å². The maximum atomic E-state index is 12.4. The SMILES string of the molecule is O=C(CN1CCCCCC1=O)Nc1cccc(-c2nnnn2C2CC2)c1. The number of nitrogens with zero attached hydrogens (tertiary/aromatic N) is 5. The summed E-state index contributed by atoms with van der Waals surface area (Å²) in [5.74, 6) is 0.598. The number of carbonyl (C=O) groups is 2. The first-order valence-corrected chi connectivity index (χ1v) is 9.16. The van der Waals surface area contributed by atoms with Crippen molar-refractivity contribution in [3.8, 4) is 11.4 Å². The molecular weight excluding hydrogens is 332 g/mol. The molecule has 8 nitrogen and oxygen atoms in total. The van der Waals surface area contributed by atoms with E-state index in [1.165, 1.54) is 0 Å². The average molecular weight is 354 g/mol. The summed E-state index contributed by atoms with van der Waals surface area (Å²) in [5.41, 5.74) is 1.55. The second kappa shape index (κ2) is 7.23. The Labute approximate surface area is 151 Å². The summed E-state index contributed by atoms with van der Waals surface area (Å²) in [4.78, 5) is 26.1. The molecule has 1 N–H and O–H groups in total. The Bertz CT molecular complexity index is 814. The van der Waals surface area contributed by atoms with Crippen LogP contribution in [0.1, 0.15) is 44.6 Å². The van der Waals surface area contributed by atoms with Crippen molar-refractivity contribution in [1.29, 1.82) is 0 Å². The van der Waals surface area contributed by atoms with Gasteiger partial charge in [0.25, 0.3) is 0 Å². The molecule has 4 rings (SSSR count). The quantitative estimate of drug-likeness (QED) is 0.887. The number of nitrogens with one attached hydrogen (secondary N) is 1. The zero-order chi connectivity index (χ0) is 17.9. The number of rotatable bonds is 5. The number of tetrazole rings is 1. The minimum absolute atomic E-state index is 0.0648. The van der Waals surface area contributed by atoms with E-state index in [1.807, 2.05) is 28.9 Å². The third-order valence-corrected chi connectivity index (χ3v) is 4.80. The van der Waals surface area contributed by atoms with Gasteiger partial charge in [-0.3, -0.25) is 9.59 Å². The number of benzene rings is 1. The van der Waals surface area contributed by atoms with E-state index in [2.05, 4.69) is 20.8 Å². The van der Waals surface area contributed by atoms with Gasteiger partial charge in [0.2, 0.25) is 11.8 Å². The van der Waals surface area contributed by atoms with Crippen LogP contribution in [0.2, 0.25) is 0 Å². The van der Waals surface area contributed by atoms with Crippen LogP contribution in [0, 0.1) is 0 Å². The number of anilines is 1. The van der Waals surface area contributed by atoms with Crippen LogP contribution in [0.15, 0.2) is 24.3 Å². The maximum absolute atomic E-state index is 12.4. The smallest absolute Gasteiger partial charge is 0.243 e. The van der Waals surface area contributed by atoms with Crippen molar-refractivity contribution in [2.24, 2.45) is 0 Å². The molecule has 2 aromatic rings. The van der Waals surface area contributed by atoms with Crippen LogP contribution in [0.25, 0.3) is 11.4 Å². The van der Waals surface area contributed by atoms with E-state index in [4.69, 9.17) is 0 Å². The average Bonchev–Trinajstić information content (AvgIpc) is 3.40. The Morgan fingerprint density at radius 1 is 1.23 bits per heavy atom. The lowest BCUT2D eigenvalue weighted by Crippen LogP contribution is -2.37. The summed E-state index contributed by atoms with van der Waals surface area (Å²) >= 11 is 0. The van der Waals surface area contributed by atoms with Gasteiger partial charge in [-0.05, 0) is 48.2 Å². The van der Waals surface area contributed by atoms with Crippen LogP contribution >= 0.6 is 0 Å². The van der Waals surface area contributed by atoms with Crippen molar-refractivity contribution in [3.63, 3.8) is 0 Å². The number of likely N-dealkylation sites (tertiary alicyclic amines) is 1. The molecule has 1 saturated heterocycles. The monoisotopic (exact) mass is 354 g/mol. The van der Waals surface area contributed by atoms with Crippen LogP contribution in [0.3, 0.4) is 0 Å². The molecular formula is C18H22N6O2. The maximum Gasteiger partial charge on any atom is 0.243 e. The number of carbonyl (C=O) groups excluding carboxylic acids is 2. The van der Waals surface area contributed by atoms with Gasteiger partial charge in [0.15, 0.2) is 5.82 Å². The van der Waals surface area contributed by atoms with E-state index in [0.29, 0.717) is 30.5 Å². The van der Waals surface area contributed by atoms with E-state index in [-0.39, 0.29) is 18.4 Å². The Morgan fingerprint density at radius 3 is 2.96 bits per heavy atom. The van der Waals surface area contributed by atoms with E-state index in [9.17, 15) is 9.59 Å².